The lowest BCUT2D eigenvalue weighted by atomic mass is 10.2. The lowest BCUT2D eigenvalue weighted by Crippen LogP contribution is -1.93. The Balaban J connectivity index is 3.53. The van der Waals surface area contributed by atoms with Crippen LogP contribution in [0.25, 0.3) is 6.08 Å². The van der Waals surface area contributed by atoms with E-state index in [-0.39, 0.29) is 5.56 Å². The highest BCUT2D eigenvalue weighted by Gasteiger charge is 2.36. The molecule has 19 heavy (non-hydrogen) atoms. The van der Waals surface area contributed by atoms with E-state index >= 15 is 0 Å². The van der Waals surface area contributed by atoms with Crippen LogP contribution in [0.5, 0.6) is 0 Å². The van der Waals surface area contributed by atoms with Gasteiger partial charge in [0.15, 0.2) is 5.06 Å². The molecule has 0 fully saturated rings. The summed E-state index contributed by atoms with van der Waals surface area (Å²) in [6.07, 6.45) is 0.444. The molecule has 11 heteroatoms. The summed E-state index contributed by atoms with van der Waals surface area (Å²) in [6, 6.07) is 4.80. The molecule has 9 nitrogen and oxygen atoms in total. The number of hydrogen-bond acceptors (Lipinski definition) is 4. The number of nitrogens with zero attached hydrogens (tertiary/aromatic N) is 1. The van der Waals surface area contributed by atoms with E-state index in [0.29, 0.717) is 6.08 Å². The summed E-state index contributed by atoms with van der Waals surface area (Å²) in [5.74, 6) is 0. The summed E-state index contributed by atoms with van der Waals surface area (Å²) >= 11 is 0. The van der Waals surface area contributed by atoms with Crippen LogP contribution in [0, 0.1) is 10.1 Å². The van der Waals surface area contributed by atoms with Gasteiger partial charge in [-0.1, -0.05) is 12.1 Å². The highest BCUT2D eigenvalue weighted by Crippen LogP contribution is 2.64. The molecule has 0 aromatic heterocycles. The quantitative estimate of drug-likeness (QED) is 0.367. The van der Waals surface area contributed by atoms with Gasteiger partial charge in [-0.2, -0.15) is 0 Å². The van der Waals surface area contributed by atoms with Crippen molar-refractivity contribution in [2.75, 3.05) is 0 Å². The van der Waals surface area contributed by atoms with Gasteiger partial charge in [0.25, 0.3) is 5.69 Å². The normalized spacial score (nSPS) is 12.0. The fourth-order valence-electron chi connectivity index (χ4n) is 1.25. The molecule has 0 spiro atoms. The third kappa shape index (κ3) is 4.07. The number of hydrogen-bond donors (Lipinski definition) is 4. The standard InChI is InChI=1S/C8H9NO8P2/c10-9(11)7-4-2-1-3-6(7)5-8(18(12,13)14)19(15,16)17/h1-5H,(H2,12,13,14)(H2,15,16,17). The minimum Gasteiger partial charge on any atom is -0.321 e. The van der Waals surface area contributed by atoms with E-state index < -0.39 is 30.9 Å². The molecule has 0 unspecified atom stereocenters. The molecule has 1 aromatic carbocycles. The van der Waals surface area contributed by atoms with Crippen LogP contribution in [0.4, 0.5) is 5.69 Å². The van der Waals surface area contributed by atoms with Gasteiger partial charge in [0.2, 0.25) is 0 Å². The molecule has 0 atom stereocenters. The minimum atomic E-state index is -5.24. The topological polar surface area (TPSA) is 158 Å². The van der Waals surface area contributed by atoms with Gasteiger partial charge >= 0.3 is 15.2 Å². The molecule has 0 saturated heterocycles. The van der Waals surface area contributed by atoms with Gasteiger partial charge in [-0.05, 0) is 12.1 Å². The molecule has 0 bridgehead atoms. The zero-order valence-corrected chi connectivity index (χ0v) is 10.9. The second-order valence-corrected chi connectivity index (χ2v) is 6.90. The molecule has 1 aromatic rings. The third-order valence-electron chi connectivity index (χ3n) is 2.01. The molecule has 4 N–H and O–H groups in total. The SMILES string of the molecule is O=[N+]([O-])c1ccccc1C=C(P(=O)(O)O)P(=O)(O)O. The number of nitro groups is 1. The second kappa shape index (κ2) is 5.34. The summed E-state index contributed by atoms with van der Waals surface area (Å²) in [5, 5.41) is 9.23. The Labute approximate surface area is 106 Å². The Morgan fingerprint density at radius 1 is 1.11 bits per heavy atom. The molecule has 0 saturated carbocycles. The van der Waals surface area contributed by atoms with E-state index in [1.807, 2.05) is 0 Å². The molecule has 0 heterocycles. The molecule has 1 rings (SSSR count). The van der Waals surface area contributed by atoms with Crippen LogP contribution in [-0.2, 0) is 9.13 Å². The Kier molecular flexibility index (Phi) is 4.42. The fourth-order valence-corrected chi connectivity index (χ4v) is 3.22. The lowest BCUT2D eigenvalue weighted by molar-refractivity contribution is -0.385. The highest BCUT2D eigenvalue weighted by molar-refractivity contribution is 7.77. The first-order chi connectivity index (χ1) is 8.53. The van der Waals surface area contributed by atoms with Gasteiger partial charge in [-0.15, -0.1) is 0 Å². The first-order valence-electron chi connectivity index (χ1n) is 4.61. The lowest BCUT2D eigenvalue weighted by Gasteiger charge is -2.10. The molecular formula is C8H9NO8P2. The van der Waals surface area contributed by atoms with Crippen LogP contribution < -0.4 is 0 Å². The van der Waals surface area contributed by atoms with Crippen molar-refractivity contribution in [2.45, 2.75) is 0 Å². The van der Waals surface area contributed by atoms with Gasteiger partial charge in [0.05, 0.1) is 10.5 Å². The first-order valence-corrected chi connectivity index (χ1v) is 7.83. The van der Waals surface area contributed by atoms with Gasteiger partial charge < -0.3 is 19.6 Å². The van der Waals surface area contributed by atoms with Crippen LogP contribution in [-0.4, -0.2) is 24.5 Å². The number of para-hydroxylation sites is 1. The predicted molar refractivity (Wildman–Crippen MR) is 65.2 cm³/mol. The molecule has 0 aliphatic rings. The Hall–Kier alpha value is -1.34. The van der Waals surface area contributed by atoms with Crippen molar-refractivity contribution in [2.24, 2.45) is 0 Å². The van der Waals surface area contributed by atoms with Crippen molar-refractivity contribution < 1.29 is 33.6 Å². The number of nitro benzene ring substituents is 1. The fraction of sp³-hybridized carbons (Fsp3) is 0. The van der Waals surface area contributed by atoms with Gasteiger partial charge in [0.1, 0.15) is 0 Å². The Morgan fingerprint density at radius 2 is 1.58 bits per heavy atom. The molecule has 0 amide bonds. The van der Waals surface area contributed by atoms with Crippen molar-refractivity contribution in [1.29, 1.82) is 0 Å². The minimum absolute atomic E-state index is 0.311. The van der Waals surface area contributed by atoms with E-state index in [1.165, 1.54) is 12.1 Å². The van der Waals surface area contributed by atoms with Crippen LogP contribution in [0.3, 0.4) is 0 Å². The van der Waals surface area contributed by atoms with Gasteiger partial charge in [-0.25, -0.2) is 0 Å². The van der Waals surface area contributed by atoms with Gasteiger partial charge in [0, 0.05) is 6.07 Å². The van der Waals surface area contributed by atoms with E-state index in [0.717, 1.165) is 12.1 Å². The zero-order valence-electron chi connectivity index (χ0n) is 9.15. The van der Waals surface area contributed by atoms with E-state index in [1.54, 1.807) is 0 Å². The maximum absolute atomic E-state index is 11.0. The summed E-state index contributed by atoms with van der Waals surface area (Å²) in [6.45, 7) is 0. The van der Waals surface area contributed by atoms with E-state index in [4.69, 9.17) is 19.6 Å². The second-order valence-electron chi connectivity index (χ2n) is 3.41. The van der Waals surface area contributed by atoms with Gasteiger partial charge in [-0.3, -0.25) is 19.2 Å². The Morgan fingerprint density at radius 3 is 2.00 bits per heavy atom. The average molecular weight is 309 g/mol. The van der Waals surface area contributed by atoms with E-state index in [9.17, 15) is 19.2 Å². The summed E-state index contributed by atoms with van der Waals surface area (Å²) in [5.41, 5.74) is -0.837. The number of benzene rings is 1. The summed E-state index contributed by atoms with van der Waals surface area (Å²) < 4.78 is 22.1. The molecular weight excluding hydrogens is 300 g/mol. The van der Waals surface area contributed by atoms with Crippen LogP contribution in [0.1, 0.15) is 5.56 Å². The van der Waals surface area contributed by atoms with Crippen molar-refractivity contribution in [3.05, 3.63) is 45.0 Å². The van der Waals surface area contributed by atoms with Crippen LogP contribution in [0.2, 0.25) is 0 Å². The Bertz CT molecular complexity index is 603. The molecule has 0 aliphatic heterocycles. The van der Waals surface area contributed by atoms with Crippen molar-refractivity contribution >= 4 is 27.0 Å². The monoisotopic (exact) mass is 309 g/mol. The van der Waals surface area contributed by atoms with Crippen molar-refractivity contribution in [1.82, 2.24) is 0 Å². The molecule has 104 valence electrons. The average Bonchev–Trinajstić information content (AvgIpc) is 2.23. The maximum Gasteiger partial charge on any atom is 0.364 e. The maximum atomic E-state index is 11.0. The van der Waals surface area contributed by atoms with Crippen molar-refractivity contribution in [3.63, 3.8) is 0 Å². The van der Waals surface area contributed by atoms with Crippen LogP contribution in [0.15, 0.2) is 29.3 Å². The smallest absolute Gasteiger partial charge is 0.321 e. The first kappa shape index (κ1) is 15.7. The summed E-state index contributed by atoms with van der Waals surface area (Å²) in [4.78, 5) is 45.4. The third-order valence-corrected chi connectivity index (χ3v) is 5.03. The van der Waals surface area contributed by atoms with Crippen molar-refractivity contribution in [3.8, 4) is 0 Å². The zero-order chi connectivity index (χ0) is 14.8. The summed E-state index contributed by atoms with van der Waals surface area (Å²) in [7, 11) is -10.5. The molecule has 0 radical (unpaired) electrons. The largest absolute Gasteiger partial charge is 0.364 e. The van der Waals surface area contributed by atoms with E-state index in [2.05, 4.69) is 0 Å². The predicted octanol–water partition coefficient (Wildman–Crippen LogP) is 1.25. The molecule has 0 aliphatic carbocycles. The number of rotatable bonds is 4. The van der Waals surface area contributed by atoms with Crippen LogP contribution >= 0.6 is 15.2 Å². The highest BCUT2D eigenvalue weighted by atomic mass is 31.2.